The first-order chi connectivity index (χ1) is 8.33. The van der Waals surface area contributed by atoms with Crippen molar-refractivity contribution in [1.29, 1.82) is 0 Å². The second-order valence-electron chi connectivity index (χ2n) is 4.71. The Balaban J connectivity index is 0.00000120. The molecule has 1 aromatic heterocycles. The fourth-order valence-corrected chi connectivity index (χ4v) is 3.24. The van der Waals surface area contributed by atoms with E-state index in [1.807, 2.05) is 0 Å². The third-order valence-electron chi connectivity index (χ3n) is 3.36. The van der Waals surface area contributed by atoms with Gasteiger partial charge in [-0.25, -0.2) is 0 Å². The number of aryl methyl sites for hydroxylation is 1. The van der Waals surface area contributed by atoms with E-state index in [0.29, 0.717) is 0 Å². The molecule has 0 aliphatic carbocycles. The van der Waals surface area contributed by atoms with Crippen LogP contribution in [0.2, 0.25) is 0 Å². The summed E-state index contributed by atoms with van der Waals surface area (Å²) >= 11 is 1.80. The van der Waals surface area contributed by atoms with Crippen LogP contribution in [0.1, 0.15) is 18.4 Å². The van der Waals surface area contributed by atoms with E-state index in [0.717, 1.165) is 5.69 Å². The number of halogens is 1. The van der Waals surface area contributed by atoms with Crippen molar-refractivity contribution in [2.45, 2.75) is 19.8 Å². The van der Waals surface area contributed by atoms with Gasteiger partial charge in [0.05, 0.1) is 18.8 Å². The van der Waals surface area contributed by atoms with Gasteiger partial charge in [-0.3, -0.25) is 4.90 Å². The molecule has 2 aromatic rings. The van der Waals surface area contributed by atoms with Crippen LogP contribution < -0.4 is 21.9 Å². The van der Waals surface area contributed by atoms with Crippen LogP contribution in [0.5, 0.6) is 0 Å². The summed E-state index contributed by atoms with van der Waals surface area (Å²) < 4.78 is 0. The van der Waals surface area contributed by atoms with Crippen LogP contribution >= 0.6 is 11.3 Å². The van der Waals surface area contributed by atoms with Crippen LogP contribution in [0.4, 0.5) is 5.13 Å². The van der Waals surface area contributed by atoms with Crippen molar-refractivity contribution in [2.24, 2.45) is 0 Å². The zero-order chi connectivity index (χ0) is 11.7. The molecule has 2 heterocycles. The molecule has 0 unspecified atom stereocenters. The maximum atomic E-state index is 4.77. The number of benzene rings is 1. The standard InChI is InChI=1S/C14H16N2S.BrH/c1-11-4-6-12(7-5-11)13-10-17-14(15-13)16-8-2-3-9-16;/h4-7,10H,2-3,8-9H2,1H3;1H. The first-order valence-corrected chi connectivity index (χ1v) is 7.08. The predicted molar refractivity (Wildman–Crippen MR) is 71.9 cm³/mol. The molecule has 1 saturated heterocycles. The minimum absolute atomic E-state index is 0. The molecule has 0 spiro atoms. The molecule has 0 bridgehead atoms. The summed E-state index contributed by atoms with van der Waals surface area (Å²) in [5.74, 6) is 0. The van der Waals surface area contributed by atoms with Crippen molar-refractivity contribution in [3.05, 3.63) is 35.2 Å². The van der Waals surface area contributed by atoms with Gasteiger partial charge in [-0.05, 0) is 6.92 Å². The highest BCUT2D eigenvalue weighted by Crippen LogP contribution is 2.23. The highest BCUT2D eigenvalue weighted by atomic mass is 79.9. The summed E-state index contributed by atoms with van der Waals surface area (Å²) in [4.78, 5) is 6.34. The summed E-state index contributed by atoms with van der Waals surface area (Å²) in [6.07, 6.45) is 2.68. The monoisotopic (exact) mass is 324 g/mol. The molecule has 0 atom stereocenters. The van der Waals surface area contributed by atoms with E-state index >= 15 is 0 Å². The summed E-state index contributed by atoms with van der Waals surface area (Å²) in [5, 5.41) is 3.45. The second kappa shape index (κ2) is 5.95. The number of nitrogens with zero attached hydrogens (tertiary/aromatic N) is 1. The summed E-state index contributed by atoms with van der Waals surface area (Å²) in [6, 6.07) is 8.62. The molecule has 96 valence electrons. The fourth-order valence-electron chi connectivity index (χ4n) is 2.31. The van der Waals surface area contributed by atoms with Crippen LogP contribution in [0.25, 0.3) is 11.3 Å². The lowest BCUT2D eigenvalue weighted by molar-refractivity contribution is -0.817. The van der Waals surface area contributed by atoms with E-state index in [9.17, 15) is 0 Å². The largest absolute Gasteiger partial charge is 1.00 e. The molecule has 1 aliphatic heterocycles. The highest BCUT2D eigenvalue weighted by molar-refractivity contribution is 7.13. The Bertz CT molecular complexity index is 501. The van der Waals surface area contributed by atoms with Crippen molar-refractivity contribution < 1.29 is 21.9 Å². The molecule has 1 aliphatic rings. The van der Waals surface area contributed by atoms with Crippen LogP contribution in [0.3, 0.4) is 0 Å². The molecular formula is C14H17BrN2S. The molecule has 18 heavy (non-hydrogen) atoms. The molecule has 1 fully saturated rings. The first kappa shape index (κ1) is 13.7. The van der Waals surface area contributed by atoms with Crippen LogP contribution in [0.15, 0.2) is 29.6 Å². The van der Waals surface area contributed by atoms with Gasteiger partial charge in [-0.1, -0.05) is 41.2 Å². The number of quaternary nitrogens is 1. The lowest BCUT2D eigenvalue weighted by Crippen LogP contribution is -3.04. The van der Waals surface area contributed by atoms with Crippen molar-refractivity contribution >= 4 is 16.5 Å². The average Bonchev–Trinajstić information content (AvgIpc) is 3.00. The van der Waals surface area contributed by atoms with Gasteiger partial charge in [0.25, 0.3) is 5.13 Å². The Morgan fingerprint density at radius 1 is 1.11 bits per heavy atom. The van der Waals surface area contributed by atoms with Crippen molar-refractivity contribution in [2.75, 3.05) is 13.1 Å². The number of thiazole rings is 1. The van der Waals surface area contributed by atoms with Crippen molar-refractivity contribution in [3.8, 4) is 11.3 Å². The van der Waals surface area contributed by atoms with Crippen molar-refractivity contribution in [3.63, 3.8) is 0 Å². The molecule has 1 aromatic carbocycles. The zero-order valence-electron chi connectivity index (χ0n) is 10.4. The molecular weight excluding hydrogens is 308 g/mol. The van der Waals surface area contributed by atoms with E-state index < -0.39 is 0 Å². The number of nitrogens with one attached hydrogen (secondary N) is 1. The van der Waals surface area contributed by atoms with Gasteiger partial charge in [0, 0.05) is 23.8 Å². The van der Waals surface area contributed by atoms with Gasteiger partial charge in [0.15, 0.2) is 0 Å². The van der Waals surface area contributed by atoms with E-state index in [2.05, 4.69) is 36.6 Å². The summed E-state index contributed by atoms with van der Waals surface area (Å²) in [7, 11) is 0. The molecule has 4 heteroatoms. The van der Waals surface area contributed by atoms with E-state index in [1.165, 1.54) is 42.2 Å². The van der Waals surface area contributed by atoms with Crippen LogP contribution in [-0.2, 0) is 0 Å². The fraction of sp³-hybridized carbons (Fsp3) is 0.357. The number of hydrogen-bond donors (Lipinski definition) is 1. The number of rotatable bonds is 2. The Morgan fingerprint density at radius 3 is 2.44 bits per heavy atom. The zero-order valence-corrected chi connectivity index (χ0v) is 12.9. The minimum atomic E-state index is 0. The van der Waals surface area contributed by atoms with Gasteiger partial charge in [-0.15, -0.1) is 0 Å². The van der Waals surface area contributed by atoms with E-state index in [4.69, 9.17) is 4.98 Å². The van der Waals surface area contributed by atoms with Crippen LogP contribution in [-0.4, -0.2) is 18.1 Å². The third kappa shape index (κ3) is 2.82. The lowest BCUT2D eigenvalue weighted by Gasteiger charge is -2.05. The smallest absolute Gasteiger partial charge is 0.284 e. The number of aromatic nitrogens is 1. The normalized spacial score (nSPS) is 15.6. The van der Waals surface area contributed by atoms with Gasteiger partial charge in [-0.2, -0.15) is 4.98 Å². The molecule has 0 saturated carbocycles. The average molecular weight is 325 g/mol. The third-order valence-corrected chi connectivity index (χ3v) is 4.31. The quantitative estimate of drug-likeness (QED) is 0.783. The molecule has 3 rings (SSSR count). The van der Waals surface area contributed by atoms with Gasteiger partial charge >= 0.3 is 0 Å². The predicted octanol–water partition coefficient (Wildman–Crippen LogP) is -0.567. The SMILES string of the molecule is Cc1ccc(-c2csc([NH+]3CCCC3)n2)cc1.[Br-]. The van der Waals surface area contributed by atoms with Gasteiger partial charge in [0.2, 0.25) is 0 Å². The maximum absolute atomic E-state index is 4.77. The summed E-state index contributed by atoms with van der Waals surface area (Å²) in [5.41, 5.74) is 3.66. The summed E-state index contributed by atoms with van der Waals surface area (Å²) in [6.45, 7) is 4.62. The Morgan fingerprint density at radius 2 is 1.78 bits per heavy atom. The Kier molecular flexibility index (Phi) is 4.54. The van der Waals surface area contributed by atoms with Gasteiger partial charge < -0.3 is 17.0 Å². The molecule has 2 nitrogen and oxygen atoms in total. The topological polar surface area (TPSA) is 17.3 Å². The van der Waals surface area contributed by atoms with Gasteiger partial charge in [0.1, 0.15) is 0 Å². The molecule has 0 amide bonds. The van der Waals surface area contributed by atoms with Crippen LogP contribution in [0, 0.1) is 6.92 Å². The van der Waals surface area contributed by atoms with E-state index in [-0.39, 0.29) is 17.0 Å². The Labute approximate surface area is 122 Å². The highest BCUT2D eigenvalue weighted by Gasteiger charge is 2.21. The Hall–Kier alpha value is -0.710. The first-order valence-electron chi connectivity index (χ1n) is 6.20. The second-order valence-corrected chi connectivity index (χ2v) is 5.57. The lowest BCUT2D eigenvalue weighted by atomic mass is 10.1. The van der Waals surface area contributed by atoms with Crippen molar-refractivity contribution in [1.82, 2.24) is 4.98 Å². The number of hydrogen-bond acceptors (Lipinski definition) is 2. The molecule has 1 N–H and O–H groups in total. The van der Waals surface area contributed by atoms with E-state index in [1.54, 1.807) is 16.2 Å². The molecule has 0 radical (unpaired) electrons. The minimum Gasteiger partial charge on any atom is -1.00 e. The maximum Gasteiger partial charge on any atom is 0.284 e.